The van der Waals surface area contributed by atoms with E-state index >= 15 is 0 Å². The molecule has 7 nitrogen and oxygen atoms in total. The van der Waals surface area contributed by atoms with Gasteiger partial charge in [0.25, 0.3) is 0 Å². The van der Waals surface area contributed by atoms with Crippen LogP contribution in [-0.2, 0) is 9.53 Å². The van der Waals surface area contributed by atoms with E-state index in [-0.39, 0.29) is 5.91 Å². The molecule has 1 aliphatic carbocycles. The second-order valence-corrected chi connectivity index (χ2v) is 7.23. The van der Waals surface area contributed by atoms with Gasteiger partial charge >= 0.3 is 0 Å². The van der Waals surface area contributed by atoms with Crippen LogP contribution in [0.1, 0.15) is 13.3 Å². The van der Waals surface area contributed by atoms with E-state index in [0.29, 0.717) is 11.5 Å². The summed E-state index contributed by atoms with van der Waals surface area (Å²) in [5.74, 6) is 0.155. The summed E-state index contributed by atoms with van der Waals surface area (Å²) in [4.78, 5) is 18.3. The lowest BCUT2D eigenvalue weighted by Crippen LogP contribution is -2.73. The number of rotatable bonds is 6. The van der Waals surface area contributed by atoms with E-state index in [1.54, 1.807) is 6.92 Å². The van der Waals surface area contributed by atoms with Crippen LogP contribution in [0.25, 0.3) is 10.4 Å². The summed E-state index contributed by atoms with van der Waals surface area (Å²) in [7, 11) is 1.50. The lowest BCUT2D eigenvalue weighted by molar-refractivity contribution is -0.159. The van der Waals surface area contributed by atoms with Crippen LogP contribution in [-0.4, -0.2) is 73.9 Å². The largest absolute Gasteiger partial charge is 0.376 e. The smallest absolute Gasteiger partial charge is 0.219 e. The van der Waals surface area contributed by atoms with Gasteiger partial charge in [0.1, 0.15) is 6.67 Å². The second kappa shape index (κ2) is 7.15. The highest BCUT2D eigenvalue weighted by Crippen LogP contribution is 2.41. The molecule has 0 N–H and O–H groups in total. The molecule has 3 rings (SSSR count). The third-order valence-electron chi connectivity index (χ3n) is 5.44. The molecule has 0 aromatic heterocycles. The lowest BCUT2D eigenvalue weighted by atomic mass is 9.71. The van der Waals surface area contributed by atoms with Crippen molar-refractivity contribution >= 4 is 5.91 Å². The number of nitrogens with zero attached hydrogens (tertiary/aromatic N) is 5. The van der Waals surface area contributed by atoms with Crippen molar-refractivity contribution in [3.05, 3.63) is 34.2 Å². The summed E-state index contributed by atoms with van der Waals surface area (Å²) in [6, 6.07) is -0.524. The minimum Gasteiger partial charge on any atom is -0.376 e. The van der Waals surface area contributed by atoms with Crippen molar-refractivity contribution in [3.8, 4) is 0 Å². The number of amides is 1. The summed E-state index contributed by atoms with van der Waals surface area (Å²) in [5.41, 5.74) is 9.71. The maximum atomic E-state index is 13.1. The van der Waals surface area contributed by atoms with Gasteiger partial charge in [-0.1, -0.05) is 23.3 Å². The normalized spacial score (nSPS) is 26.9. The van der Waals surface area contributed by atoms with Crippen LogP contribution < -0.4 is 0 Å². The monoisotopic (exact) mass is 349 g/mol. The molecule has 2 saturated heterocycles. The summed E-state index contributed by atoms with van der Waals surface area (Å²) < 4.78 is 18.4. The van der Waals surface area contributed by atoms with Crippen LogP contribution in [0.4, 0.5) is 4.39 Å². The first-order chi connectivity index (χ1) is 12.0. The summed E-state index contributed by atoms with van der Waals surface area (Å²) >= 11 is 0. The Morgan fingerprint density at radius 2 is 2.24 bits per heavy atom. The van der Waals surface area contributed by atoms with E-state index in [0.717, 1.165) is 38.2 Å². The number of carbonyl (C=O) groups excluding carboxylic acids is 1. The molecule has 0 radical (unpaired) electrons. The zero-order chi connectivity index (χ0) is 18.0. The number of ether oxygens (including phenoxy) is 1. The SMILES string of the molecule is CO[C@H](C1=CCC(N2CC3(CN(C(C)=O)C3)C2)C=C1)[C@@H](CF)N=[N+]=[N-]. The van der Waals surface area contributed by atoms with Crippen molar-refractivity contribution in [1.29, 1.82) is 0 Å². The zero-order valence-electron chi connectivity index (χ0n) is 14.6. The Bertz CT molecular complexity index is 629. The topological polar surface area (TPSA) is 81.5 Å². The van der Waals surface area contributed by atoms with Gasteiger partial charge in [-0.05, 0) is 17.5 Å². The van der Waals surface area contributed by atoms with Gasteiger partial charge in [-0.25, -0.2) is 0 Å². The predicted octanol–water partition coefficient (Wildman–Crippen LogP) is 2.07. The first-order valence-electron chi connectivity index (χ1n) is 8.53. The molecule has 0 aromatic carbocycles. The van der Waals surface area contributed by atoms with Crippen molar-refractivity contribution in [2.24, 2.45) is 10.5 Å². The van der Waals surface area contributed by atoms with E-state index in [1.807, 2.05) is 17.1 Å². The van der Waals surface area contributed by atoms with Crippen LogP contribution >= 0.6 is 0 Å². The van der Waals surface area contributed by atoms with Gasteiger partial charge in [-0.3, -0.25) is 14.1 Å². The van der Waals surface area contributed by atoms with Crippen LogP contribution in [0.15, 0.2) is 28.9 Å². The van der Waals surface area contributed by atoms with Gasteiger partial charge in [0.05, 0.1) is 12.1 Å². The first kappa shape index (κ1) is 17.9. The fourth-order valence-corrected chi connectivity index (χ4v) is 4.10. The molecule has 1 amide bonds. The Morgan fingerprint density at radius 1 is 1.52 bits per heavy atom. The molecule has 0 saturated carbocycles. The number of halogens is 1. The molecule has 3 atom stereocenters. The van der Waals surface area contributed by atoms with E-state index in [1.165, 1.54) is 7.11 Å². The van der Waals surface area contributed by atoms with Gasteiger partial charge in [-0.15, -0.1) is 0 Å². The van der Waals surface area contributed by atoms with Gasteiger partial charge < -0.3 is 9.64 Å². The molecule has 3 aliphatic rings. The Balaban J connectivity index is 1.53. The molecule has 1 spiro atoms. The number of methoxy groups -OCH3 is 1. The number of hydrogen-bond donors (Lipinski definition) is 0. The zero-order valence-corrected chi connectivity index (χ0v) is 14.6. The molecule has 25 heavy (non-hydrogen) atoms. The maximum absolute atomic E-state index is 13.1. The highest BCUT2D eigenvalue weighted by molar-refractivity contribution is 5.74. The highest BCUT2D eigenvalue weighted by atomic mass is 19.1. The minimum absolute atomic E-state index is 0.155. The fraction of sp³-hybridized carbons (Fsp3) is 0.706. The molecule has 2 fully saturated rings. The molecule has 2 heterocycles. The maximum Gasteiger partial charge on any atom is 0.219 e. The third-order valence-corrected chi connectivity index (χ3v) is 5.44. The van der Waals surface area contributed by atoms with E-state index in [2.05, 4.69) is 21.0 Å². The van der Waals surface area contributed by atoms with Crippen molar-refractivity contribution in [3.63, 3.8) is 0 Å². The predicted molar refractivity (Wildman–Crippen MR) is 91.6 cm³/mol. The summed E-state index contributed by atoms with van der Waals surface area (Å²) in [5, 5.41) is 3.49. The molecular weight excluding hydrogens is 325 g/mol. The van der Waals surface area contributed by atoms with Crippen molar-refractivity contribution in [2.45, 2.75) is 31.5 Å². The van der Waals surface area contributed by atoms with Gasteiger partial charge in [0.15, 0.2) is 0 Å². The van der Waals surface area contributed by atoms with Crippen LogP contribution in [0.5, 0.6) is 0 Å². The van der Waals surface area contributed by atoms with Crippen LogP contribution in [0.3, 0.4) is 0 Å². The summed E-state index contributed by atoms with van der Waals surface area (Å²) in [6.45, 7) is 4.62. The Hall–Kier alpha value is -1.89. The third kappa shape index (κ3) is 3.42. The number of hydrogen-bond acceptors (Lipinski definition) is 4. The van der Waals surface area contributed by atoms with Crippen LogP contribution in [0, 0.1) is 5.41 Å². The van der Waals surface area contributed by atoms with Gasteiger partial charge in [0, 0.05) is 56.6 Å². The fourth-order valence-electron chi connectivity index (χ4n) is 4.10. The molecule has 0 bridgehead atoms. The molecule has 8 heteroatoms. The highest BCUT2D eigenvalue weighted by Gasteiger charge is 2.53. The number of alkyl halides is 1. The second-order valence-electron chi connectivity index (χ2n) is 7.23. The van der Waals surface area contributed by atoms with E-state index in [4.69, 9.17) is 10.3 Å². The number of azide groups is 1. The minimum atomic E-state index is -0.845. The van der Waals surface area contributed by atoms with Crippen molar-refractivity contribution in [2.75, 3.05) is 40.0 Å². The average molecular weight is 349 g/mol. The Labute approximate surface area is 146 Å². The van der Waals surface area contributed by atoms with Gasteiger partial charge in [-0.2, -0.15) is 0 Å². The number of likely N-dealkylation sites (tertiary alicyclic amines) is 2. The quantitative estimate of drug-likeness (QED) is 0.418. The molecule has 2 aliphatic heterocycles. The Morgan fingerprint density at radius 3 is 2.72 bits per heavy atom. The molecular formula is C17H24FN5O2. The first-order valence-corrected chi connectivity index (χ1v) is 8.53. The van der Waals surface area contributed by atoms with Crippen molar-refractivity contribution < 1.29 is 13.9 Å². The standard InChI is InChI=1S/C17H24FN5O2/c1-12(24)22-8-17(9-22)10-23(11-17)14-5-3-13(4-6-14)16(25-2)15(7-18)20-21-19/h3-5,14-16H,6-11H2,1-2H3/t14?,15-,16-/m1/s1. The Kier molecular flexibility index (Phi) is 5.13. The van der Waals surface area contributed by atoms with E-state index in [9.17, 15) is 9.18 Å². The van der Waals surface area contributed by atoms with E-state index < -0.39 is 18.8 Å². The van der Waals surface area contributed by atoms with Crippen LogP contribution in [0.2, 0.25) is 0 Å². The molecule has 136 valence electrons. The lowest BCUT2D eigenvalue weighted by Gasteiger charge is -2.61. The van der Waals surface area contributed by atoms with Gasteiger partial charge in [0.2, 0.25) is 5.91 Å². The molecule has 1 unspecified atom stereocenters. The average Bonchev–Trinajstić information content (AvgIpc) is 2.53. The van der Waals surface area contributed by atoms with Crippen molar-refractivity contribution in [1.82, 2.24) is 9.80 Å². The molecule has 0 aromatic rings. The summed E-state index contributed by atoms with van der Waals surface area (Å²) in [6.07, 6.45) is 6.37. The number of carbonyl (C=O) groups is 1.